The molecule has 0 amide bonds. The molecule has 0 aliphatic carbocycles. The summed E-state index contributed by atoms with van der Waals surface area (Å²) in [5.74, 6) is -1.35. The highest BCUT2D eigenvalue weighted by Gasteiger charge is 2.15. The predicted molar refractivity (Wildman–Crippen MR) is 97.3 cm³/mol. The minimum Gasteiger partial charge on any atom is -0.484 e. The first kappa shape index (κ1) is 18.9. The molecule has 0 fully saturated rings. The van der Waals surface area contributed by atoms with E-state index < -0.39 is 11.6 Å². The minimum absolute atomic E-state index is 0. The molecule has 3 rings (SSSR count). The second kappa shape index (κ2) is 7.66. The number of halogens is 3. The molecule has 0 bridgehead atoms. The molecule has 0 N–H and O–H groups in total. The first-order chi connectivity index (χ1) is 11.5. The molecule has 0 aliphatic rings. The van der Waals surface area contributed by atoms with Gasteiger partial charge in [0.15, 0.2) is 11.6 Å². The highest BCUT2D eigenvalue weighted by Crippen LogP contribution is 2.28. The number of rotatable bonds is 5. The summed E-state index contributed by atoms with van der Waals surface area (Å²) < 4.78 is 34.4. The van der Waals surface area contributed by atoms with Gasteiger partial charge in [0.1, 0.15) is 18.1 Å². The smallest absolute Gasteiger partial charge is 0.167 e. The van der Waals surface area contributed by atoms with E-state index >= 15 is 0 Å². The van der Waals surface area contributed by atoms with E-state index in [9.17, 15) is 8.78 Å². The molecule has 3 aromatic rings. The van der Waals surface area contributed by atoms with Crippen molar-refractivity contribution in [2.45, 2.75) is 27.0 Å². The van der Waals surface area contributed by atoms with E-state index in [4.69, 9.17) is 4.74 Å². The van der Waals surface area contributed by atoms with Crippen molar-refractivity contribution < 1.29 is 13.5 Å². The van der Waals surface area contributed by atoms with E-state index in [-0.39, 0.29) is 24.8 Å². The quantitative estimate of drug-likeness (QED) is 0.588. The second-order valence-electron chi connectivity index (χ2n) is 5.63. The van der Waals surface area contributed by atoms with Crippen LogP contribution in [0.25, 0.3) is 10.9 Å². The van der Waals surface area contributed by atoms with Crippen LogP contribution < -0.4 is 4.74 Å². The number of hydrogen-bond acceptors (Lipinski definition) is 2. The van der Waals surface area contributed by atoms with E-state index in [1.165, 1.54) is 17.7 Å². The summed E-state index contributed by atoms with van der Waals surface area (Å²) in [5.41, 5.74) is 3.96. The van der Waals surface area contributed by atoms with Crippen molar-refractivity contribution >= 4 is 23.3 Å². The Kier molecular flexibility index (Phi) is 5.80. The third-order valence-corrected chi connectivity index (χ3v) is 4.19. The van der Waals surface area contributed by atoms with Gasteiger partial charge in [-0.3, -0.25) is 4.98 Å². The van der Waals surface area contributed by atoms with Crippen molar-refractivity contribution in [3.05, 3.63) is 71.7 Å². The van der Waals surface area contributed by atoms with Crippen LogP contribution >= 0.6 is 12.4 Å². The van der Waals surface area contributed by atoms with Gasteiger partial charge in [0.25, 0.3) is 0 Å². The van der Waals surface area contributed by atoms with Crippen molar-refractivity contribution in [2.24, 2.45) is 0 Å². The number of allylic oxidation sites excluding steroid dienone is 1. The van der Waals surface area contributed by atoms with Gasteiger partial charge in [-0.05, 0) is 37.6 Å². The van der Waals surface area contributed by atoms with Crippen molar-refractivity contribution in [3.63, 3.8) is 0 Å². The maximum Gasteiger partial charge on any atom is 0.167 e. The van der Waals surface area contributed by atoms with Crippen molar-refractivity contribution in [1.82, 2.24) is 9.55 Å². The number of benzene rings is 1. The normalized spacial score (nSPS) is 10.6. The van der Waals surface area contributed by atoms with Gasteiger partial charge >= 0.3 is 0 Å². The number of nitrogens with zero attached hydrogens (tertiary/aromatic N) is 2. The number of fused-ring (bicyclic) bond motifs is 1. The molecule has 3 nitrogen and oxygen atoms in total. The van der Waals surface area contributed by atoms with Gasteiger partial charge in [-0.2, -0.15) is 0 Å². The fourth-order valence-corrected chi connectivity index (χ4v) is 2.87. The van der Waals surface area contributed by atoms with E-state index in [0.29, 0.717) is 12.2 Å². The molecule has 0 spiro atoms. The van der Waals surface area contributed by atoms with Gasteiger partial charge in [-0.15, -0.1) is 19.0 Å². The molecule has 0 unspecified atom stereocenters. The average molecular weight is 365 g/mol. The van der Waals surface area contributed by atoms with Crippen molar-refractivity contribution in [2.75, 3.05) is 0 Å². The van der Waals surface area contributed by atoms with Crippen LogP contribution in [0.2, 0.25) is 0 Å². The molecule has 0 saturated heterocycles. The minimum atomic E-state index is -0.726. The van der Waals surface area contributed by atoms with E-state index in [0.717, 1.165) is 22.7 Å². The maximum absolute atomic E-state index is 13.7. The Balaban J connectivity index is 0.00000225. The van der Waals surface area contributed by atoms with E-state index in [1.54, 1.807) is 6.20 Å². The zero-order valence-corrected chi connectivity index (χ0v) is 14.9. The molecule has 0 atom stereocenters. The van der Waals surface area contributed by atoms with Crippen LogP contribution in [0.5, 0.6) is 5.75 Å². The van der Waals surface area contributed by atoms with Crippen molar-refractivity contribution in [1.29, 1.82) is 0 Å². The van der Waals surface area contributed by atoms with Gasteiger partial charge in [-0.25, -0.2) is 8.78 Å². The molecular formula is C19H19ClF2N2O. The molecule has 0 saturated carbocycles. The summed E-state index contributed by atoms with van der Waals surface area (Å²) in [6.45, 7) is 8.65. The summed E-state index contributed by atoms with van der Waals surface area (Å²) in [7, 11) is 0. The Morgan fingerprint density at radius 1 is 1.24 bits per heavy atom. The van der Waals surface area contributed by atoms with Crippen LogP contribution in [-0.2, 0) is 13.2 Å². The third-order valence-electron chi connectivity index (χ3n) is 4.19. The Hall–Kier alpha value is -2.40. The molecule has 0 radical (unpaired) electrons. The van der Waals surface area contributed by atoms with Crippen LogP contribution in [0.1, 0.15) is 17.0 Å². The average Bonchev–Trinajstić information content (AvgIpc) is 2.80. The fourth-order valence-electron chi connectivity index (χ4n) is 2.87. The topological polar surface area (TPSA) is 27.1 Å². The number of aryl methyl sites for hydroxylation is 1. The number of ether oxygens (including phenoxy) is 1. The van der Waals surface area contributed by atoms with Crippen LogP contribution in [-0.4, -0.2) is 9.55 Å². The number of hydrogen-bond donors (Lipinski definition) is 0. The SMILES string of the molecule is C=CCn1c(C)c(C)c2ccnc(COc3ccc(F)cc3F)c21.Cl. The summed E-state index contributed by atoms with van der Waals surface area (Å²) in [4.78, 5) is 4.39. The first-order valence-electron chi connectivity index (χ1n) is 7.65. The Labute approximate surface area is 151 Å². The number of pyridine rings is 1. The Morgan fingerprint density at radius 2 is 2.00 bits per heavy atom. The van der Waals surface area contributed by atoms with Crippen LogP contribution in [0.4, 0.5) is 8.78 Å². The van der Waals surface area contributed by atoms with Gasteiger partial charge in [0, 0.05) is 29.9 Å². The zero-order valence-electron chi connectivity index (χ0n) is 14.1. The van der Waals surface area contributed by atoms with Crippen LogP contribution in [0, 0.1) is 25.5 Å². The Morgan fingerprint density at radius 3 is 2.68 bits per heavy atom. The first-order valence-corrected chi connectivity index (χ1v) is 7.65. The molecule has 6 heteroatoms. The van der Waals surface area contributed by atoms with Crippen LogP contribution in [0.3, 0.4) is 0 Å². The lowest BCUT2D eigenvalue weighted by Crippen LogP contribution is -2.05. The van der Waals surface area contributed by atoms with Gasteiger partial charge in [0.2, 0.25) is 0 Å². The lowest BCUT2D eigenvalue weighted by Gasteiger charge is -2.11. The largest absolute Gasteiger partial charge is 0.484 e. The second-order valence-corrected chi connectivity index (χ2v) is 5.63. The van der Waals surface area contributed by atoms with Crippen molar-refractivity contribution in [3.8, 4) is 5.75 Å². The highest BCUT2D eigenvalue weighted by molar-refractivity contribution is 5.87. The molecule has 1 aromatic carbocycles. The third kappa shape index (κ3) is 3.51. The summed E-state index contributed by atoms with van der Waals surface area (Å²) in [6, 6.07) is 5.21. The van der Waals surface area contributed by atoms with Gasteiger partial charge in [-0.1, -0.05) is 6.08 Å². The molecule has 25 heavy (non-hydrogen) atoms. The van der Waals surface area contributed by atoms with E-state index in [1.807, 2.05) is 19.1 Å². The number of aromatic nitrogens is 2. The molecular weight excluding hydrogens is 346 g/mol. The molecule has 2 aromatic heterocycles. The zero-order chi connectivity index (χ0) is 17.3. The van der Waals surface area contributed by atoms with E-state index in [2.05, 4.69) is 23.1 Å². The summed E-state index contributed by atoms with van der Waals surface area (Å²) in [6.07, 6.45) is 3.54. The standard InChI is InChI=1S/C19H18F2N2O.ClH/c1-4-9-23-13(3)12(2)15-7-8-22-17(19(15)23)11-24-18-6-5-14(20)10-16(18)21;/h4-8,10H,1,9,11H2,2-3H3;1H. The molecule has 0 aliphatic heterocycles. The summed E-state index contributed by atoms with van der Waals surface area (Å²) in [5, 5.41) is 1.09. The summed E-state index contributed by atoms with van der Waals surface area (Å²) >= 11 is 0. The fraction of sp³-hybridized carbons (Fsp3) is 0.211. The van der Waals surface area contributed by atoms with Gasteiger partial charge < -0.3 is 9.30 Å². The maximum atomic E-state index is 13.7. The lowest BCUT2D eigenvalue weighted by atomic mass is 10.2. The Bertz CT molecular complexity index is 921. The van der Waals surface area contributed by atoms with Gasteiger partial charge in [0.05, 0.1) is 5.52 Å². The molecule has 132 valence electrons. The van der Waals surface area contributed by atoms with Crippen LogP contribution in [0.15, 0.2) is 43.1 Å². The highest BCUT2D eigenvalue weighted by atomic mass is 35.5. The lowest BCUT2D eigenvalue weighted by molar-refractivity contribution is 0.286. The molecule has 2 heterocycles. The predicted octanol–water partition coefficient (Wildman–Crippen LogP) is 5.12. The monoisotopic (exact) mass is 364 g/mol.